The number of aryl methyl sites for hydroxylation is 1. The first-order chi connectivity index (χ1) is 8.52. The second kappa shape index (κ2) is 6.74. The van der Waals surface area contributed by atoms with Crippen molar-refractivity contribution < 1.29 is 18.7 Å². The SMILES string of the molecule is COC(=O)[C@@H](C)NC(=O)CCc1ccc(F)cc1. The lowest BCUT2D eigenvalue weighted by molar-refractivity contribution is -0.144. The van der Waals surface area contributed by atoms with Gasteiger partial charge in [0.1, 0.15) is 11.9 Å². The van der Waals surface area contributed by atoms with E-state index in [1.54, 1.807) is 19.1 Å². The van der Waals surface area contributed by atoms with Crippen LogP contribution in [-0.4, -0.2) is 25.0 Å². The normalized spacial score (nSPS) is 11.7. The minimum atomic E-state index is -0.657. The zero-order valence-electron chi connectivity index (χ0n) is 10.4. The number of carbonyl (C=O) groups excluding carboxylic acids is 2. The highest BCUT2D eigenvalue weighted by Gasteiger charge is 2.15. The predicted octanol–water partition coefficient (Wildman–Crippen LogP) is 1.44. The van der Waals surface area contributed by atoms with Crippen LogP contribution in [0.2, 0.25) is 0 Å². The number of halogens is 1. The summed E-state index contributed by atoms with van der Waals surface area (Å²) < 4.78 is 17.1. The van der Waals surface area contributed by atoms with Gasteiger partial charge in [0, 0.05) is 6.42 Å². The molecule has 1 amide bonds. The van der Waals surface area contributed by atoms with E-state index in [0.717, 1.165) is 5.56 Å². The molecule has 0 aromatic heterocycles. The molecule has 1 rings (SSSR count). The third-order valence-corrected chi connectivity index (χ3v) is 2.49. The average molecular weight is 253 g/mol. The second-order valence-electron chi connectivity index (χ2n) is 3.94. The van der Waals surface area contributed by atoms with Crippen LogP contribution in [0.1, 0.15) is 18.9 Å². The third-order valence-electron chi connectivity index (χ3n) is 2.49. The van der Waals surface area contributed by atoms with Crippen molar-refractivity contribution >= 4 is 11.9 Å². The monoisotopic (exact) mass is 253 g/mol. The molecule has 4 nitrogen and oxygen atoms in total. The van der Waals surface area contributed by atoms with E-state index in [-0.39, 0.29) is 18.1 Å². The molecule has 0 saturated heterocycles. The average Bonchev–Trinajstić information content (AvgIpc) is 2.37. The number of ether oxygens (including phenoxy) is 1. The summed E-state index contributed by atoms with van der Waals surface area (Å²) in [5.74, 6) is -1.02. The van der Waals surface area contributed by atoms with Gasteiger partial charge in [-0.15, -0.1) is 0 Å². The molecule has 0 heterocycles. The Morgan fingerprint density at radius 2 is 1.94 bits per heavy atom. The fourth-order valence-electron chi connectivity index (χ4n) is 1.46. The van der Waals surface area contributed by atoms with Crippen molar-refractivity contribution in [2.75, 3.05) is 7.11 Å². The maximum atomic E-state index is 12.7. The van der Waals surface area contributed by atoms with E-state index < -0.39 is 12.0 Å². The molecule has 1 aromatic carbocycles. The van der Waals surface area contributed by atoms with Gasteiger partial charge in [-0.2, -0.15) is 0 Å². The number of rotatable bonds is 5. The number of esters is 1. The van der Waals surface area contributed by atoms with E-state index in [9.17, 15) is 14.0 Å². The first-order valence-electron chi connectivity index (χ1n) is 5.64. The molecule has 0 radical (unpaired) electrons. The lowest BCUT2D eigenvalue weighted by Gasteiger charge is -2.11. The highest BCUT2D eigenvalue weighted by Crippen LogP contribution is 2.05. The standard InChI is InChI=1S/C13H16FNO3/c1-9(13(17)18-2)15-12(16)8-5-10-3-6-11(14)7-4-10/h3-4,6-7,9H,5,8H2,1-2H3,(H,15,16)/t9-/m1/s1. The number of benzene rings is 1. The molecule has 0 aliphatic rings. The van der Waals surface area contributed by atoms with Gasteiger partial charge in [-0.25, -0.2) is 9.18 Å². The van der Waals surface area contributed by atoms with Crippen molar-refractivity contribution in [3.63, 3.8) is 0 Å². The predicted molar refractivity (Wildman–Crippen MR) is 64.3 cm³/mol. The molecule has 0 saturated carbocycles. The lowest BCUT2D eigenvalue weighted by Crippen LogP contribution is -2.39. The van der Waals surface area contributed by atoms with Gasteiger partial charge in [0.25, 0.3) is 0 Å². The topological polar surface area (TPSA) is 55.4 Å². The summed E-state index contributed by atoms with van der Waals surface area (Å²) >= 11 is 0. The minimum absolute atomic E-state index is 0.239. The molecule has 18 heavy (non-hydrogen) atoms. The molecule has 0 spiro atoms. The Bertz CT molecular complexity index is 417. The molecule has 5 heteroatoms. The second-order valence-corrected chi connectivity index (χ2v) is 3.94. The lowest BCUT2D eigenvalue weighted by atomic mass is 10.1. The van der Waals surface area contributed by atoms with E-state index in [1.807, 2.05) is 0 Å². The minimum Gasteiger partial charge on any atom is -0.467 e. The molecule has 1 aromatic rings. The number of amides is 1. The van der Waals surface area contributed by atoms with Crippen molar-refractivity contribution in [1.29, 1.82) is 0 Å². The van der Waals surface area contributed by atoms with Gasteiger partial charge in [-0.3, -0.25) is 4.79 Å². The van der Waals surface area contributed by atoms with Crippen LogP contribution in [0.4, 0.5) is 4.39 Å². The Morgan fingerprint density at radius 3 is 2.50 bits per heavy atom. The summed E-state index contributed by atoms with van der Waals surface area (Å²) in [6.07, 6.45) is 0.743. The molecule has 0 aliphatic carbocycles. The summed E-state index contributed by atoms with van der Waals surface area (Å²) in [4.78, 5) is 22.6. The van der Waals surface area contributed by atoms with Gasteiger partial charge >= 0.3 is 5.97 Å². The Labute approximate surface area is 105 Å². The van der Waals surface area contributed by atoms with E-state index >= 15 is 0 Å². The molecule has 1 N–H and O–H groups in total. The molecule has 1 atom stereocenters. The summed E-state index contributed by atoms with van der Waals surface area (Å²) in [7, 11) is 1.27. The van der Waals surface area contributed by atoms with Crippen LogP contribution in [0.25, 0.3) is 0 Å². The smallest absolute Gasteiger partial charge is 0.328 e. The molecule has 0 unspecified atom stereocenters. The molecule has 0 aliphatic heterocycles. The number of nitrogens with one attached hydrogen (secondary N) is 1. The maximum Gasteiger partial charge on any atom is 0.328 e. The van der Waals surface area contributed by atoms with Gasteiger partial charge in [0.15, 0.2) is 0 Å². The van der Waals surface area contributed by atoms with Crippen LogP contribution in [0.3, 0.4) is 0 Å². The van der Waals surface area contributed by atoms with Gasteiger partial charge in [0.2, 0.25) is 5.91 Å². The number of hydrogen-bond donors (Lipinski definition) is 1. The van der Waals surface area contributed by atoms with E-state index in [4.69, 9.17) is 0 Å². The fourth-order valence-corrected chi connectivity index (χ4v) is 1.46. The first-order valence-corrected chi connectivity index (χ1v) is 5.64. The Morgan fingerprint density at radius 1 is 1.33 bits per heavy atom. The number of hydrogen-bond acceptors (Lipinski definition) is 3. The van der Waals surface area contributed by atoms with E-state index in [1.165, 1.54) is 19.2 Å². The summed E-state index contributed by atoms with van der Waals surface area (Å²) in [6.45, 7) is 1.56. The van der Waals surface area contributed by atoms with E-state index in [2.05, 4.69) is 10.1 Å². The first kappa shape index (κ1) is 14.2. The van der Waals surface area contributed by atoms with Gasteiger partial charge in [-0.1, -0.05) is 12.1 Å². The Hall–Kier alpha value is -1.91. The quantitative estimate of drug-likeness (QED) is 0.808. The molecular formula is C13H16FNO3. The van der Waals surface area contributed by atoms with Crippen LogP contribution in [0.15, 0.2) is 24.3 Å². The van der Waals surface area contributed by atoms with Gasteiger partial charge < -0.3 is 10.1 Å². The van der Waals surface area contributed by atoms with E-state index in [0.29, 0.717) is 6.42 Å². The van der Waals surface area contributed by atoms with Crippen LogP contribution >= 0.6 is 0 Å². The van der Waals surface area contributed by atoms with Crippen molar-refractivity contribution in [2.24, 2.45) is 0 Å². The largest absolute Gasteiger partial charge is 0.467 e. The molecule has 98 valence electrons. The van der Waals surface area contributed by atoms with Crippen molar-refractivity contribution in [2.45, 2.75) is 25.8 Å². The third kappa shape index (κ3) is 4.53. The highest BCUT2D eigenvalue weighted by molar-refractivity contribution is 5.84. The summed E-state index contributed by atoms with van der Waals surface area (Å²) in [5.41, 5.74) is 0.872. The molecule has 0 bridgehead atoms. The summed E-state index contributed by atoms with van der Waals surface area (Å²) in [5, 5.41) is 2.52. The van der Waals surface area contributed by atoms with Crippen LogP contribution in [0, 0.1) is 5.82 Å². The van der Waals surface area contributed by atoms with Crippen molar-refractivity contribution in [3.8, 4) is 0 Å². The van der Waals surface area contributed by atoms with Crippen molar-refractivity contribution in [3.05, 3.63) is 35.6 Å². The van der Waals surface area contributed by atoms with Crippen LogP contribution in [-0.2, 0) is 20.7 Å². The highest BCUT2D eigenvalue weighted by atomic mass is 19.1. The molecular weight excluding hydrogens is 237 g/mol. The van der Waals surface area contributed by atoms with Crippen LogP contribution < -0.4 is 5.32 Å². The number of carbonyl (C=O) groups is 2. The van der Waals surface area contributed by atoms with Crippen LogP contribution in [0.5, 0.6) is 0 Å². The summed E-state index contributed by atoms with van der Waals surface area (Å²) in [6, 6.07) is 5.31. The van der Waals surface area contributed by atoms with Crippen molar-refractivity contribution in [1.82, 2.24) is 5.32 Å². The van der Waals surface area contributed by atoms with Gasteiger partial charge in [0.05, 0.1) is 7.11 Å². The Balaban J connectivity index is 2.37. The zero-order valence-corrected chi connectivity index (χ0v) is 10.4. The molecule has 0 fully saturated rings. The maximum absolute atomic E-state index is 12.7. The zero-order chi connectivity index (χ0) is 13.5. The Kier molecular flexibility index (Phi) is 5.30. The number of methoxy groups -OCH3 is 1. The van der Waals surface area contributed by atoms with Gasteiger partial charge in [-0.05, 0) is 31.0 Å². The fraction of sp³-hybridized carbons (Fsp3) is 0.385.